The van der Waals surface area contributed by atoms with Crippen LogP contribution in [-0.2, 0) is 12.3 Å². The number of thioether (sulfide) groups is 1. The lowest BCUT2D eigenvalue weighted by molar-refractivity contribution is 0.174. The number of aromatic nitrogens is 4. The first-order valence-electron chi connectivity index (χ1n) is 10.9. The van der Waals surface area contributed by atoms with Crippen LogP contribution < -0.4 is 14.2 Å². The molecule has 2 aromatic carbocycles. The molecule has 5 rings (SSSR count). The number of fused-ring (bicyclic) bond motifs is 1. The summed E-state index contributed by atoms with van der Waals surface area (Å²) < 4.78 is 19.0. The maximum absolute atomic E-state index is 6.11. The zero-order valence-electron chi connectivity index (χ0n) is 18.9. The molecule has 1 unspecified atom stereocenters. The summed E-state index contributed by atoms with van der Waals surface area (Å²) in [6.07, 6.45) is 1.59. The molecule has 0 saturated heterocycles. The van der Waals surface area contributed by atoms with Crippen molar-refractivity contribution in [1.82, 2.24) is 19.7 Å². The molecule has 0 fully saturated rings. The van der Waals surface area contributed by atoms with Gasteiger partial charge in [0.1, 0.15) is 10.8 Å². The van der Waals surface area contributed by atoms with Crippen LogP contribution in [0, 0.1) is 6.92 Å². The number of nitrogens with zero attached hydrogens (tertiary/aromatic N) is 4. The van der Waals surface area contributed by atoms with Crippen LogP contribution in [0.15, 0.2) is 65.7 Å². The van der Waals surface area contributed by atoms with E-state index in [0.29, 0.717) is 12.3 Å². The van der Waals surface area contributed by atoms with Gasteiger partial charge in [0.25, 0.3) is 0 Å². The van der Waals surface area contributed by atoms with E-state index < -0.39 is 0 Å². The minimum absolute atomic E-state index is 0.249. The van der Waals surface area contributed by atoms with Gasteiger partial charge in [0.05, 0.1) is 5.69 Å². The molecule has 0 radical (unpaired) electrons. The molecule has 174 valence electrons. The van der Waals surface area contributed by atoms with Crippen LogP contribution in [0.5, 0.6) is 17.2 Å². The van der Waals surface area contributed by atoms with Crippen LogP contribution in [0.1, 0.15) is 30.1 Å². The van der Waals surface area contributed by atoms with Gasteiger partial charge in [0.15, 0.2) is 28.6 Å². The Hall–Kier alpha value is -3.30. The fourth-order valence-corrected chi connectivity index (χ4v) is 5.33. The van der Waals surface area contributed by atoms with Gasteiger partial charge in [-0.3, -0.25) is 4.57 Å². The van der Waals surface area contributed by atoms with E-state index in [9.17, 15) is 0 Å². The van der Waals surface area contributed by atoms with Gasteiger partial charge in [-0.25, -0.2) is 4.98 Å². The average Bonchev–Trinajstić information content (AvgIpc) is 3.59. The number of rotatable bonds is 9. The van der Waals surface area contributed by atoms with Gasteiger partial charge in [-0.15, -0.1) is 28.1 Å². The third-order valence-corrected chi connectivity index (χ3v) is 7.22. The summed E-state index contributed by atoms with van der Waals surface area (Å²) in [5, 5.41) is 12.7. The van der Waals surface area contributed by atoms with E-state index in [2.05, 4.69) is 29.1 Å². The zero-order chi connectivity index (χ0) is 23.5. The summed E-state index contributed by atoms with van der Waals surface area (Å²) in [6, 6.07) is 13.9. The normalized spacial score (nSPS) is 13.1. The van der Waals surface area contributed by atoms with E-state index in [-0.39, 0.29) is 12.9 Å². The summed E-state index contributed by atoms with van der Waals surface area (Å²) >= 11 is 3.21. The van der Waals surface area contributed by atoms with Gasteiger partial charge in [0.2, 0.25) is 6.79 Å². The second-order valence-corrected chi connectivity index (χ2v) is 9.61. The van der Waals surface area contributed by atoms with Gasteiger partial charge < -0.3 is 14.2 Å². The average molecular weight is 493 g/mol. The molecule has 1 aliphatic heterocycles. The first-order valence-corrected chi connectivity index (χ1v) is 12.7. The lowest BCUT2D eigenvalue weighted by Gasteiger charge is -2.15. The van der Waals surface area contributed by atoms with Crippen LogP contribution in [0.25, 0.3) is 10.6 Å². The standard InChI is InChI=1S/C25H24N4O3S2/c1-4-11-29-23(17(3)32-20-8-5-16(2)6-9-20)27-28-25(29)34-14-19-13-33-24(26-19)18-7-10-21-22(12-18)31-15-30-21/h4-10,12-13,17H,1,11,14-15H2,2-3H3. The summed E-state index contributed by atoms with van der Waals surface area (Å²) in [5.74, 6) is 3.79. The number of ether oxygens (including phenoxy) is 3. The highest BCUT2D eigenvalue weighted by Gasteiger charge is 2.20. The van der Waals surface area contributed by atoms with Gasteiger partial charge in [-0.2, -0.15) is 0 Å². The smallest absolute Gasteiger partial charge is 0.231 e. The quantitative estimate of drug-likeness (QED) is 0.208. The fraction of sp³-hybridized carbons (Fsp3) is 0.240. The van der Waals surface area contributed by atoms with E-state index in [1.54, 1.807) is 23.1 Å². The number of benzene rings is 2. The Labute approximate surface area is 206 Å². The van der Waals surface area contributed by atoms with Crippen molar-refractivity contribution in [2.75, 3.05) is 6.79 Å². The zero-order valence-corrected chi connectivity index (χ0v) is 20.6. The van der Waals surface area contributed by atoms with Gasteiger partial charge in [0, 0.05) is 23.2 Å². The molecule has 9 heteroatoms. The highest BCUT2D eigenvalue weighted by molar-refractivity contribution is 7.98. The number of thiazole rings is 1. The molecular weight excluding hydrogens is 468 g/mol. The summed E-state index contributed by atoms with van der Waals surface area (Å²) in [4.78, 5) is 4.80. The predicted molar refractivity (Wildman–Crippen MR) is 134 cm³/mol. The largest absolute Gasteiger partial charge is 0.483 e. The molecular formula is C25H24N4O3S2. The number of aryl methyl sites for hydroxylation is 1. The summed E-state index contributed by atoms with van der Waals surface area (Å²) in [5.41, 5.74) is 3.20. The molecule has 4 aromatic rings. The molecule has 0 amide bonds. The van der Waals surface area contributed by atoms with Crippen molar-refractivity contribution >= 4 is 23.1 Å². The Morgan fingerprint density at radius 2 is 2.00 bits per heavy atom. The minimum atomic E-state index is -0.249. The van der Waals surface area contributed by atoms with E-state index in [1.165, 1.54) is 5.56 Å². The lowest BCUT2D eigenvalue weighted by atomic mass is 10.2. The highest BCUT2D eigenvalue weighted by atomic mass is 32.2. The van der Waals surface area contributed by atoms with Crippen LogP contribution in [0.2, 0.25) is 0 Å². The van der Waals surface area contributed by atoms with Crippen molar-refractivity contribution in [3.63, 3.8) is 0 Å². The molecule has 0 aliphatic carbocycles. The topological polar surface area (TPSA) is 71.3 Å². The third-order valence-electron chi connectivity index (χ3n) is 5.27. The van der Waals surface area contributed by atoms with E-state index in [0.717, 1.165) is 44.5 Å². The van der Waals surface area contributed by atoms with Gasteiger partial charge in [-0.05, 0) is 44.2 Å². The SMILES string of the molecule is C=CCn1c(SCc2csc(-c3ccc4c(c3)OCO4)n2)nnc1C(C)Oc1ccc(C)cc1. The van der Waals surface area contributed by atoms with E-state index in [4.69, 9.17) is 19.2 Å². The summed E-state index contributed by atoms with van der Waals surface area (Å²) in [6.45, 7) is 8.80. The Morgan fingerprint density at radius 3 is 2.82 bits per heavy atom. The Kier molecular flexibility index (Phi) is 6.55. The van der Waals surface area contributed by atoms with Crippen molar-refractivity contribution in [1.29, 1.82) is 0 Å². The molecule has 34 heavy (non-hydrogen) atoms. The second kappa shape index (κ2) is 9.90. The maximum Gasteiger partial charge on any atom is 0.231 e. The van der Waals surface area contributed by atoms with Crippen LogP contribution in [0.3, 0.4) is 0 Å². The number of hydrogen-bond acceptors (Lipinski definition) is 8. The first kappa shape index (κ1) is 22.5. The van der Waals surface area contributed by atoms with Gasteiger partial charge >= 0.3 is 0 Å². The van der Waals surface area contributed by atoms with Crippen LogP contribution >= 0.6 is 23.1 Å². The molecule has 0 spiro atoms. The monoisotopic (exact) mass is 492 g/mol. The van der Waals surface area contributed by atoms with Crippen LogP contribution in [-0.4, -0.2) is 26.5 Å². The number of hydrogen-bond donors (Lipinski definition) is 0. The Bertz CT molecular complexity index is 1300. The minimum Gasteiger partial charge on any atom is -0.483 e. The number of allylic oxidation sites excluding steroid dienone is 1. The van der Waals surface area contributed by atoms with E-state index >= 15 is 0 Å². The van der Waals surface area contributed by atoms with Crippen molar-refractivity contribution in [3.05, 3.63) is 77.6 Å². The highest BCUT2D eigenvalue weighted by Crippen LogP contribution is 2.37. The predicted octanol–water partition coefficient (Wildman–Crippen LogP) is 6.06. The first-order chi connectivity index (χ1) is 16.6. The van der Waals surface area contributed by atoms with Gasteiger partial charge in [-0.1, -0.05) is 35.5 Å². The van der Waals surface area contributed by atoms with Crippen molar-refractivity contribution in [2.24, 2.45) is 0 Å². The molecule has 1 aliphatic rings. The fourth-order valence-electron chi connectivity index (χ4n) is 3.56. The maximum atomic E-state index is 6.11. The molecule has 1 atom stereocenters. The lowest BCUT2D eigenvalue weighted by Crippen LogP contribution is -2.12. The van der Waals surface area contributed by atoms with Crippen molar-refractivity contribution in [3.8, 4) is 27.8 Å². The molecule has 0 N–H and O–H groups in total. The molecule has 0 bridgehead atoms. The second-order valence-electron chi connectivity index (χ2n) is 7.81. The van der Waals surface area contributed by atoms with Crippen LogP contribution in [0.4, 0.5) is 0 Å². The molecule has 3 heterocycles. The van der Waals surface area contributed by atoms with E-state index in [1.807, 2.05) is 60.0 Å². The summed E-state index contributed by atoms with van der Waals surface area (Å²) in [7, 11) is 0. The van der Waals surface area contributed by atoms with Crippen molar-refractivity contribution in [2.45, 2.75) is 37.4 Å². The molecule has 7 nitrogen and oxygen atoms in total. The molecule has 0 saturated carbocycles. The Morgan fingerprint density at radius 1 is 1.18 bits per heavy atom. The van der Waals surface area contributed by atoms with Crippen molar-refractivity contribution < 1.29 is 14.2 Å². The Balaban J connectivity index is 1.28. The molecule has 2 aromatic heterocycles. The third kappa shape index (κ3) is 4.80.